The van der Waals surface area contributed by atoms with E-state index in [0.717, 1.165) is 37.2 Å². The number of carbonyl (C=O) groups is 1. The third-order valence-electron chi connectivity index (χ3n) is 4.40. The summed E-state index contributed by atoms with van der Waals surface area (Å²) in [6, 6.07) is 7.65. The minimum absolute atomic E-state index is 0.206. The molecule has 3 rings (SSSR count). The van der Waals surface area contributed by atoms with Gasteiger partial charge in [0.2, 0.25) is 0 Å². The second-order valence-corrected chi connectivity index (χ2v) is 6.42. The predicted octanol–water partition coefficient (Wildman–Crippen LogP) is 3.28. The summed E-state index contributed by atoms with van der Waals surface area (Å²) in [7, 11) is 0. The van der Waals surface area contributed by atoms with Crippen LogP contribution in [-0.4, -0.2) is 35.4 Å². The maximum Gasteiger partial charge on any atom is 0.182 e. The predicted molar refractivity (Wildman–Crippen MR) is 79.3 cm³/mol. The highest BCUT2D eigenvalue weighted by molar-refractivity contribution is 6.02. The van der Waals surface area contributed by atoms with Gasteiger partial charge in [-0.25, -0.2) is 0 Å². The van der Waals surface area contributed by atoms with Crippen molar-refractivity contribution in [3.8, 4) is 5.75 Å². The van der Waals surface area contributed by atoms with E-state index < -0.39 is 5.54 Å². The molecule has 3 heteroatoms. The Hall–Kier alpha value is -1.35. The van der Waals surface area contributed by atoms with Crippen LogP contribution in [0, 0.1) is 0 Å². The Morgan fingerprint density at radius 1 is 1.15 bits per heavy atom. The van der Waals surface area contributed by atoms with Crippen molar-refractivity contribution in [3.05, 3.63) is 29.8 Å². The van der Waals surface area contributed by atoms with Crippen LogP contribution >= 0.6 is 0 Å². The number of benzene rings is 1. The van der Waals surface area contributed by atoms with E-state index in [2.05, 4.69) is 4.90 Å². The van der Waals surface area contributed by atoms with E-state index in [0.29, 0.717) is 6.10 Å². The molecule has 20 heavy (non-hydrogen) atoms. The molecule has 0 atom stereocenters. The summed E-state index contributed by atoms with van der Waals surface area (Å²) >= 11 is 0. The molecule has 1 saturated carbocycles. The summed E-state index contributed by atoms with van der Waals surface area (Å²) in [6.07, 6.45) is 5.11. The van der Waals surface area contributed by atoms with Crippen LogP contribution in [0.2, 0.25) is 0 Å². The molecular weight excluding hydrogens is 250 g/mol. The Morgan fingerprint density at radius 3 is 2.30 bits per heavy atom. The Morgan fingerprint density at radius 2 is 1.75 bits per heavy atom. The molecule has 0 unspecified atom stereocenters. The normalized spacial score (nSPS) is 20.1. The minimum Gasteiger partial charge on any atom is -0.490 e. The largest absolute Gasteiger partial charge is 0.490 e. The second kappa shape index (κ2) is 5.21. The van der Waals surface area contributed by atoms with Crippen LogP contribution in [0.1, 0.15) is 49.9 Å². The zero-order valence-corrected chi connectivity index (χ0v) is 12.4. The zero-order valence-electron chi connectivity index (χ0n) is 12.4. The van der Waals surface area contributed by atoms with E-state index >= 15 is 0 Å². The van der Waals surface area contributed by atoms with Crippen LogP contribution in [0.4, 0.5) is 0 Å². The molecule has 1 aromatic rings. The first kappa shape index (κ1) is 13.6. The average Bonchev–Trinajstić information content (AvgIpc) is 3.08. The van der Waals surface area contributed by atoms with Gasteiger partial charge in [-0.05, 0) is 76.9 Å². The standard InChI is InChI=1S/C17H23NO2/c1-17(2,18-11-3-4-12-18)16(19)13-5-7-14(8-6-13)20-15-9-10-15/h5-8,15H,3-4,9-12H2,1-2H3. The molecule has 0 bridgehead atoms. The summed E-state index contributed by atoms with van der Waals surface area (Å²) in [5, 5.41) is 0. The summed E-state index contributed by atoms with van der Waals surface area (Å²) in [5.41, 5.74) is 0.375. The maximum atomic E-state index is 12.7. The van der Waals surface area contributed by atoms with Crippen molar-refractivity contribution in [1.29, 1.82) is 0 Å². The van der Waals surface area contributed by atoms with E-state index in [-0.39, 0.29) is 5.78 Å². The van der Waals surface area contributed by atoms with Crippen LogP contribution in [0.25, 0.3) is 0 Å². The highest BCUT2D eigenvalue weighted by atomic mass is 16.5. The van der Waals surface area contributed by atoms with Crippen LogP contribution in [-0.2, 0) is 0 Å². The number of hydrogen-bond acceptors (Lipinski definition) is 3. The third-order valence-corrected chi connectivity index (χ3v) is 4.40. The SMILES string of the molecule is CC(C)(C(=O)c1ccc(OC2CC2)cc1)N1CCCC1. The van der Waals surface area contributed by atoms with Gasteiger partial charge in [-0.15, -0.1) is 0 Å². The number of Topliss-reactive ketones (excluding diaryl/α,β-unsaturated/α-hetero) is 1. The first-order valence-corrected chi connectivity index (χ1v) is 7.64. The quantitative estimate of drug-likeness (QED) is 0.771. The topological polar surface area (TPSA) is 29.5 Å². The molecule has 0 N–H and O–H groups in total. The van der Waals surface area contributed by atoms with E-state index in [9.17, 15) is 4.79 Å². The average molecular weight is 273 g/mol. The van der Waals surface area contributed by atoms with Gasteiger partial charge in [0.15, 0.2) is 5.78 Å². The van der Waals surface area contributed by atoms with Gasteiger partial charge in [0, 0.05) is 5.56 Å². The van der Waals surface area contributed by atoms with Crippen molar-refractivity contribution in [2.45, 2.75) is 51.2 Å². The highest BCUT2D eigenvalue weighted by Crippen LogP contribution is 2.28. The van der Waals surface area contributed by atoms with Crippen LogP contribution in [0.5, 0.6) is 5.75 Å². The van der Waals surface area contributed by atoms with Crippen molar-refractivity contribution >= 4 is 5.78 Å². The van der Waals surface area contributed by atoms with Gasteiger partial charge in [-0.2, -0.15) is 0 Å². The molecule has 1 aliphatic carbocycles. The molecule has 1 aromatic carbocycles. The molecule has 3 nitrogen and oxygen atoms in total. The zero-order chi connectivity index (χ0) is 14.2. The Kier molecular flexibility index (Phi) is 3.55. The van der Waals surface area contributed by atoms with Gasteiger partial charge >= 0.3 is 0 Å². The summed E-state index contributed by atoms with van der Waals surface area (Å²) in [6.45, 7) is 6.13. The number of rotatable bonds is 5. The minimum atomic E-state index is -0.407. The fourth-order valence-corrected chi connectivity index (χ4v) is 2.84. The number of ketones is 1. The smallest absolute Gasteiger partial charge is 0.182 e. The first-order chi connectivity index (χ1) is 9.57. The molecule has 0 amide bonds. The Labute approximate surface area is 120 Å². The number of carbonyl (C=O) groups excluding carboxylic acids is 1. The second-order valence-electron chi connectivity index (χ2n) is 6.42. The van der Waals surface area contributed by atoms with Gasteiger partial charge in [0.25, 0.3) is 0 Å². The van der Waals surface area contributed by atoms with Crippen LogP contribution in [0.3, 0.4) is 0 Å². The fourth-order valence-electron chi connectivity index (χ4n) is 2.84. The van der Waals surface area contributed by atoms with Crippen LogP contribution < -0.4 is 4.74 Å². The van der Waals surface area contributed by atoms with E-state index in [1.54, 1.807) is 0 Å². The maximum absolute atomic E-state index is 12.7. The monoisotopic (exact) mass is 273 g/mol. The molecule has 108 valence electrons. The van der Waals surface area contributed by atoms with Crippen LogP contribution in [0.15, 0.2) is 24.3 Å². The number of likely N-dealkylation sites (tertiary alicyclic amines) is 1. The van der Waals surface area contributed by atoms with E-state index in [1.807, 2.05) is 38.1 Å². The van der Waals surface area contributed by atoms with Crippen molar-refractivity contribution in [2.24, 2.45) is 0 Å². The lowest BCUT2D eigenvalue weighted by Crippen LogP contribution is -2.48. The molecular formula is C17H23NO2. The van der Waals surface area contributed by atoms with Gasteiger partial charge in [0.05, 0.1) is 11.6 Å². The van der Waals surface area contributed by atoms with Crippen molar-refractivity contribution in [1.82, 2.24) is 4.90 Å². The van der Waals surface area contributed by atoms with E-state index in [4.69, 9.17) is 4.74 Å². The Balaban J connectivity index is 1.71. The molecule has 2 aliphatic rings. The molecule has 1 saturated heterocycles. The summed E-state index contributed by atoms with van der Waals surface area (Å²) < 4.78 is 5.72. The molecule has 0 aromatic heterocycles. The van der Waals surface area contributed by atoms with E-state index in [1.165, 1.54) is 12.8 Å². The van der Waals surface area contributed by atoms with Crippen molar-refractivity contribution < 1.29 is 9.53 Å². The van der Waals surface area contributed by atoms with Crippen molar-refractivity contribution in [2.75, 3.05) is 13.1 Å². The lowest BCUT2D eigenvalue weighted by molar-refractivity contribution is 0.0702. The van der Waals surface area contributed by atoms with Crippen molar-refractivity contribution in [3.63, 3.8) is 0 Å². The van der Waals surface area contributed by atoms with Gasteiger partial charge in [-0.3, -0.25) is 9.69 Å². The number of nitrogens with zero attached hydrogens (tertiary/aromatic N) is 1. The third kappa shape index (κ3) is 2.73. The fraction of sp³-hybridized carbons (Fsp3) is 0.588. The Bertz CT molecular complexity index is 482. The highest BCUT2D eigenvalue weighted by Gasteiger charge is 2.36. The number of hydrogen-bond donors (Lipinski definition) is 0. The first-order valence-electron chi connectivity index (χ1n) is 7.64. The van der Waals surface area contributed by atoms with Gasteiger partial charge in [-0.1, -0.05) is 0 Å². The molecule has 1 heterocycles. The summed E-state index contributed by atoms with van der Waals surface area (Å²) in [4.78, 5) is 15.0. The van der Waals surface area contributed by atoms with Gasteiger partial charge in [0.1, 0.15) is 5.75 Å². The lowest BCUT2D eigenvalue weighted by atomic mass is 9.91. The molecule has 1 aliphatic heterocycles. The number of ether oxygens (including phenoxy) is 1. The van der Waals surface area contributed by atoms with Gasteiger partial charge < -0.3 is 4.74 Å². The molecule has 0 spiro atoms. The summed E-state index contributed by atoms with van der Waals surface area (Å²) in [5.74, 6) is 1.08. The lowest BCUT2D eigenvalue weighted by Gasteiger charge is -2.33. The molecule has 2 fully saturated rings. The molecule has 0 radical (unpaired) electrons.